The zero-order valence-electron chi connectivity index (χ0n) is 9.56. The predicted molar refractivity (Wildman–Crippen MR) is 69.1 cm³/mol. The van der Waals surface area contributed by atoms with Crippen LogP contribution in [0.15, 0.2) is 27.8 Å². The highest BCUT2D eigenvalue weighted by atomic mass is 79.9. The predicted octanol–water partition coefficient (Wildman–Crippen LogP) is 2.31. The van der Waals surface area contributed by atoms with Gasteiger partial charge in [0, 0.05) is 22.9 Å². The van der Waals surface area contributed by atoms with Crippen molar-refractivity contribution in [2.75, 3.05) is 0 Å². The quantitative estimate of drug-likeness (QED) is 0.926. The van der Waals surface area contributed by atoms with Gasteiger partial charge >= 0.3 is 0 Å². The molecule has 94 valence electrons. The van der Waals surface area contributed by atoms with E-state index in [4.69, 9.17) is 0 Å². The molecule has 1 N–H and O–H groups in total. The maximum Gasteiger partial charge on any atom is 0.242 e. The fourth-order valence-electron chi connectivity index (χ4n) is 1.89. The van der Waals surface area contributed by atoms with Gasteiger partial charge in [0.05, 0.1) is 0 Å². The topological polar surface area (TPSA) is 59.1 Å². The Morgan fingerprint density at radius 1 is 1.47 bits per heavy atom. The van der Waals surface area contributed by atoms with Gasteiger partial charge in [-0.15, -0.1) is 0 Å². The molecule has 1 unspecified atom stereocenters. The van der Waals surface area contributed by atoms with Crippen molar-refractivity contribution >= 4 is 26.0 Å². The fourth-order valence-corrected chi connectivity index (χ4v) is 3.70. The summed E-state index contributed by atoms with van der Waals surface area (Å²) in [5.41, 5.74) is 0. The van der Waals surface area contributed by atoms with E-state index in [1.807, 2.05) is 6.92 Å². The molecule has 1 saturated carbocycles. The molecule has 1 aromatic heterocycles. The number of hydrogen-bond acceptors (Lipinski definition) is 3. The van der Waals surface area contributed by atoms with Crippen molar-refractivity contribution in [2.45, 2.75) is 37.1 Å². The third kappa shape index (κ3) is 3.05. The SMILES string of the molecule is CC(NS(=O)(=O)c1cncc(Br)c1)C1CCC1. The van der Waals surface area contributed by atoms with Gasteiger partial charge in [-0.1, -0.05) is 6.42 Å². The van der Waals surface area contributed by atoms with Gasteiger partial charge in [-0.3, -0.25) is 4.98 Å². The normalized spacial score (nSPS) is 18.7. The van der Waals surface area contributed by atoms with Crippen LogP contribution in [0.4, 0.5) is 0 Å². The van der Waals surface area contributed by atoms with E-state index < -0.39 is 10.0 Å². The molecule has 1 aliphatic carbocycles. The molecule has 17 heavy (non-hydrogen) atoms. The van der Waals surface area contributed by atoms with E-state index in [-0.39, 0.29) is 10.9 Å². The lowest BCUT2D eigenvalue weighted by molar-refractivity contribution is 0.260. The van der Waals surface area contributed by atoms with Crippen LogP contribution in [0.25, 0.3) is 0 Å². The van der Waals surface area contributed by atoms with Gasteiger partial charge in [0.2, 0.25) is 10.0 Å². The number of rotatable bonds is 4. The Kier molecular flexibility index (Phi) is 3.85. The van der Waals surface area contributed by atoms with Crippen molar-refractivity contribution in [3.8, 4) is 0 Å². The van der Waals surface area contributed by atoms with E-state index in [1.54, 1.807) is 12.3 Å². The number of hydrogen-bond donors (Lipinski definition) is 1. The molecule has 0 saturated heterocycles. The van der Waals surface area contributed by atoms with Crippen molar-refractivity contribution in [1.29, 1.82) is 0 Å². The van der Waals surface area contributed by atoms with E-state index in [0.717, 1.165) is 12.8 Å². The van der Waals surface area contributed by atoms with Crippen LogP contribution < -0.4 is 4.72 Å². The van der Waals surface area contributed by atoms with E-state index >= 15 is 0 Å². The van der Waals surface area contributed by atoms with Crippen LogP contribution in [0.1, 0.15) is 26.2 Å². The molecule has 1 aromatic rings. The molecule has 1 heterocycles. The molecule has 1 aliphatic rings. The second-order valence-corrected chi connectivity index (χ2v) is 7.07. The average Bonchev–Trinajstić information content (AvgIpc) is 2.13. The standard InChI is InChI=1S/C11H15BrN2O2S/c1-8(9-3-2-4-9)14-17(15,16)11-5-10(12)6-13-7-11/h5-9,14H,2-4H2,1H3. The van der Waals surface area contributed by atoms with Crippen LogP contribution in [-0.4, -0.2) is 19.4 Å². The van der Waals surface area contributed by atoms with Crippen molar-refractivity contribution in [2.24, 2.45) is 5.92 Å². The number of nitrogens with one attached hydrogen (secondary N) is 1. The Morgan fingerprint density at radius 2 is 2.18 bits per heavy atom. The largest absolute Gasteiger partial charge is 0.262 e. The summed E-state index contributed by atoms with van der Waals surface area (Å²) in [5, 5.41) is 0. The minimum absolute atomic E-state index is 0.00673. The molecular weight excluding hydrogens is 304 g/mol. The third-order valence-corrected chi connectivity index (χ3v) is 5.15. The first-order valence-corrected chi connectivity index (χ1v) is 7.89. The van der Waals surface area contributed by atoms with Crippen LogP contribution in [0.3, 0.4) is 0 Å². The van der Waals surface area contributed by atoms with Gasteiger partial charge in [0.1, 0.15) is 4.90 Å². The second-order valence-electron chi connectivity index (χ2n) is 4.44. The van der Waals surface area contributed by atoms with Gasteiger partial charge in [0.15, 0.2) is 0 Å². The van der Waals surface area contributed by atoms with Crippen LogP contribution in [-0.2, 0) is 10.0 Å². The van der Waals surface area contributed by atoms with E-state index in [0.29, 0.717) is 10.4 Å². The first-order valence-electron chi connectivity index (χ1n) is 5.62. The Balaban J connectivity index is 2.13. The third-order valence-electron chi connectivity index (χ3n) is 3.19. The van der Waals surface area contributed by atoms with Crippen molar-refractivity contribution in [1.82, 2.24) is 9.71 Å². The lowest BCUT2D eigenvalue weighted by atomic mass is 9.81. The minimum Gasteiger partial charge on any atom is -0.262 e. The molecule has 1 fully saturated rings. The zero-order valence-corrected chi connectivity index (χ0v) is 12.0. The highest BCUT2D eigenvalue weighted by molar-refractivity contribution is 9.10. The highest BCUT2D eigenvalue weighted by Gasteiger charge is 2.28. The molecule has 0 radical (unpaired) electrons. The van der Waals surface area contributed by atoms with Crippen molar-refractivity contribution in [3.05, 3.63) is 22.9 Å². The summed E-state index contributed by atoms with van der Waals surface area (Å²) < 4.78 is 27.5. The molecule has 1 atom stereocenters. The van der Waals surface area contributed by atoms with E-state index in [2.05, 4.69) is 25.6 Å². The smallest absolute Gasteiger partial charge is 0.242 e. The fraction of sp³-hybridized carbons (Fsp3) is 0.545. The molecule has 6 heteroatoms. The molecular formula is C11H15BrN2O2S. The van der Waals surface area contributed by atoms with Gasteiger partial charge in [0.25, 0.3) is 0 Å². The Bertz CT molecular complexity index is 500. The van der Waals surface area contributed by atoms with Crippen molar-refractivity contribution < 1.29 is 8.42 Å². The number of halogens is 1. The summed E-state index contributed by atoms with van der Waals surface area (Å²) in [6, 6.07) is 1.55. The molecule has 0 spiro atoms. The first kappa shape index (κ1) is 13.0. The average molecular weight is 319 g/mol. The van der Waals surface area contributed by atoms with Gasteiger partial charge in [-0.25, -0.2) is 13.1 Å². The number of aromatic nitrogens is 1. The molecule has 2 rings (SSSR count). The van der Waals surface area contributed by atoms with Crippen LogP contribution in [0.2, 0.25) is 0 Å². The first-order chi connectivity index (χ1) is 7.99. The second kappa shape index (κ2) is 5.04. The van der Waals surface area contributed by atoms with Gasteiger partial charge < -0.3 is 0 Å². The lowest BCUT2D eigenvalue weighted by Gasteiger charge is -2.31. The Labute approximate surface area is 110 Å². The van der Waals surface area contributed by atoms with E-state index in [1.165, 1.54) is 12.6 Å². The maximum absolute atomic E-state index is 12.1. The van der Waals surface area contributed by atoms with Crippen LogP contribution in [0.5, 0.6) is 0 Å². The maximum atomic E-state index is 12.1. The molecule has 0 aliphatic heterocycles. The summed E-state index contributed by atoms with van der Waals surface area (Å²) in [7, 11) is -3.45. The monoisotopic (exact) mass is 318 g/mol. The number of sulfonamides is 1. The summed E-state index contributed by atoms with van der Waals surface area (Å²) >= 11 is 3.22. The summed E-state index contributed by atoms with van der Waals surface area (Å²) in [5.74, 6) is 0.477. The molecule has 0 bridgehead atoms. The molecule has 0 amide bonds. The van der Waals surface area contributed by atoms with Crippen LogP contribution in [0, 0.1) is 5.92 Å². The summed E-state index contributed by atoms with van der Waals surface area (Å²) in [6.45, 7) is 1.92. The zero-order chi connectivity index (χ0) is 12.5. The lowest BCUT2D eigenvalue weighted by Crippen LogP contribution is -2.40. The number of nitrogens with zero attached hydrogens (tertiary/aromatic N) is 1. The summed E-state index contributed by atoms with van der Waals surface area (Å²) in [4.78, 5) is 4.08. The van der Waals surface area contributed by atoms with Crippen molar-refractivity contribution in [3.63, 3.8) is 0 Å². The van der Waals surface area contributed by atoms with Crippen LogP contribution >= 0.6 is 15.9 Å². The molecule has 0 aromatic carbocycles. The Morgan fingerprint density at radius 3 is 2.71 bits per heavy atom. The van der Waals surface area contributed by atoms with Gasteiger partial charge in [-0.2, -0.15) is 0 Å². The van der Waals surface area contributed by atoms with Gasteiger partial charge in [-0.05, 0) is 47.7 Å². The highest BCUT2D eigenvalue weighted by Crippen LogP contribution is 2.30. The molecule has 4 nitrogen and oxygen atoms in total. The number of pyridine rings is 1. The minimum atomic E-state index is -3.45. The van der Waals surface area contributed by atoms with E-state index in [9.17, 15) is 8.42 Å². The Hall–Kier alpha value is -0.460. The summed E-state index contributed by atoms with van der Waals surface area (Å²) in [6.07, 6.45) is 6.35.